The fourth-order valence-corrected chi connectivity index (χ4v) is 5.31. The van der Waals surface area contributed by atoms with E-state index in [9.17, 15) is 13.4 Å². The number of nitrogens with one attached hydrogen (secondary N) is 1. The number of rotatable bonds is 8. The monoisotopic (exact) mass is 530 g/mol. The van der Waals surface area contributed by atoms with Crippen molar-refractivity contribution in [2.75, 3.05) is 26.3 Å². The molecular weight excluding hydrogens is 495 g/mol. The first kappa shape index (κ1) is 28.1. The Morgan fingerprint density at radius 2 is 2.06 bits per heavy atom. The van der Waals surface area contributed by atoms with E-state index in [1.54, 1.807) is 24.8 Å². The van der Waals surface area contributed by atoms with Gasteiger partial charge in [0.2, 0.25) is 0 Å². The third-order valence-electron chi connectivity index (χ3n) is 6.14. The lowest BCUT2D eigenvalue weighted by Gasteiger charge is -2.38. The van der Waals surface area contributed by atoms with Crippen LogP contribution < -0.4 is 9.46 Å². The van der Waals surface area contributed by atoms with Crippen molar-refractivity contribution >= 4 is 28.5 Å². The van der Waals surface area contributed by atoms with Gasteiger partial charge in [-0.05, 0) is 59.4 Å². The van der Waals surface area contributed by atoms with Gasteiger partial charge in [0.1, 0.15) is 18.2 Å². The fourth-order valence-electron chi connectivity index (χ4n) is 4.23. The SMILES string of the molecule is C=CCOc1cc(F)c(Cl)cc1[C@H](NS(=O)C(C)(C)C)C1CCN(C(=O)[C@H]2COC(C)(C)O2)CC1. The van der Waals surface area contributed by atoms with Crippen molar-refractivity contribution in [1.82, 2.24) is 9.62 Å². The maximum absolute atomic E-state index is 14.3. The molecule has 0 spiro atoms. The summed E-state index contributed by atoms with van der Waals surface area (Å²) in [5, 5.41) is -0.0343. The highest BCUT2D eigenvalue weighted by Crippen LogP contribution is 2.39. The summed E-state index contributed by atoms with van der Waals surface area (Å²) >= 11 is 6.16. The van der Waals surface area contributed by atoms with Gasteiger partial charge in [-0.1, -0.05) is 24.3 Å². The van der Waals surface area contributed by atoms with E-state index in [1.807, 2.05) is 20.8 Å². The third kappa shape index (κ3) is 7.04. The Hall–Kier alpha value is -1.52. The highest BCUT2D eigenvalue weighted by molar-refractivity contribution is 7.84. The molecule has 1 aromatic carbocycles. The van der Waals surface area contributed by atoms with Gasteiger partial charge in [-0.25, -0.2) is 13.3 Å². The summed E-state index contributed by atoms with van der Waals surface area (Å²) in [6.45, 7) is 14.3. The van der Waals surface area contributed by atoms with Crippen LogP contribution in [0.1, 0.15) is 59.1 Å². The van der Waals surface area contributed by atoms with Crippen molar-refractivity contribution in [1.29, 1.82) is 0 Å². The Balaban J connectivity index is 1.83. The molecule has 2 heterocycles. The normalized spacial score (nSPS) is 22.6. The second-order valence-electron chi connectivity index (χ2n) is 10.4. The fraction of sp³-hybridized carbons (Fsp3) is 0.640. The number of likely N-dealkylation sites (tertiary alicyclic amines) is 1. The summed E-state index contributed by atoms with van der Waals surface area (Å²) in [4.78, 5) is 14.8. The maximum Gasteiger partial charge on any atom is 0.254 e. The minimum atomic E-state index is -1.40. The summed E-state index contributed by atoms with van der Waals surface area (Å²) in [6, 6.07) is 2.37. The molecule has 2 saturated heterocycles. The van der Waals surface area contributed by atoms with Crippen molar-refractivity contribution in [2.45, 2.75) is 70.1 Å². The van der Waals surface area contributed by atoms with Gasteiger partial charge in [-0.2, -0.15) is 0 Å². The van der Waals surface area contributed by atoms with Crippen molar-refractivity contribution in [3.8, 4) is 5.75 Å². The molecule has 0 aliphatic carbocycles. The van der Waals surface area contributed by atoms with Gasteiger partial charge in [0.05, 0.1) is 33.4 Å². The van der Waals surface area contributed by atoms with Crippen molar-refractivity contribution in [3.63, 3.8) is 0 Å². The summed E-state index contributed by atoms with van der Waals surface area (Å²) in [7, 11) is -1.40. The zero-order chi connectivity index (χ0) is 26.0. The van der Waals surface area contributed by atoms with Crippen LogP contribution in [0.15, 0.2) is 24.8 Å². The molecule has 0 bridgehead atoms. The van der Waals surface area contributed by atoms with Crippen molar-refractivity contribution in [2.24, 2.45) is 5.92 Å². The van der Waals surface area contributed by atoms with E-state index < -0.39 is 39.5 Å². The van der Waals surface area contributed by atoms with Gasteiger partial charge in [0, 0.05) is 24.7 Å². The van der Waals surface area contributed by atoms with Crippen LogP contribution in [0.25, 0.3) is 0 Å². The average Bonchev–Trinajstić information content (AvgIpc) is 3.16. The van der Waals surface area contributed by atoms with E-state index in [-0.39, 0.29) is 30.1 Å². The van der Waals surface area contributed by atoms with E-state index >= 15 is 0 Å². The van der Waals surface area contributed by atoms with Gasteiger partial charge in [0.15, 0.2) is 11.9 Å². The zero-order valence-corrected chi connectivity index (χ0v) is 22.6. The van der Waals surface area contributed by atoms with Crippen LogP contribution in [-0.2, 0) is 25.3 Å². The largest absolute Gasteiger partial charge is 0.489 e. The van der Waals surface area contributed by atoms with Gasteiger partial charge < -0.3 is 19.1 Å². The van der Waals surface area contributed by atoms with Crippen LogP contribution in [0.2, 0.25) is 5.02 Å². The molecule has 2 fully saturated rings. The van der Waals surface area contributed by atoms with Crippen LogP contribution in [-0.4, -0.2) is 58.0 Å². The number of ether oxygens (including phenoxy) is 3. The summed E-state index contributed by atoms with van der Waals surface area (Å²) in [5.74, 6) is -1.11. The second kappa shape index (κ2) is 11.3. The summed E-state index contributed by atoms with van der Waals surface area (Å²) in [5.41, 5.74) is 0.634. The van der Waals surface area contributed by atoms with Crippen molar-refractivity contribution < 1.29 is 27.6 Å². The quantitative estimate of drug-likeness (QED) is 0.500. The number of hydrogen-bond acceptors (Lipinski definition) is 5. The first-order valence-corrected chi connectivity index (χ1v) is 13.4. The van der Waals surface area contributed by atoms with Gasteiger partial charge in [-0.3, -0.25) is 4.79 Å². The van der Waals surface area contributed by atoms with Gasteiger partial charge in [-0.15, -0.1) is 0 Å². The average molecular weight is 531 g/mol. The lowest BCUT2D eigenvalue weighted by molar-refractivity contribution is -0.161. The zero-order valence-electron chi connectivity index (χ0n) is 21.1. The molecular formula is C25H36ClFN2O5S. The van der Waals surface area contributed by atoms with Gasteiger partial charge in [0.25, 0.3) is 5.91 Å². The minimum absolute atomic E-state index is 0.00939. The topological polar surface area (TPSA) is 77.1 Å². The number of amides is 1. The predicted octanol–water partition coefficient (Wildman–Crippen LogP) is 4.53. The third-order valence-corrected chi connectivity index (χ3v) is 8.01. The van der Waals surface area contributed by atoms with E-state index in [0.29, 0.717) is 37.2 Å². The maximum atomic E-state index is 14.3. The van der Waals surface area contributed by atoms with Crippen LogP contribution in [0.3, 0.4) is 0 Å². The number of nitrogens with zero attached hydrogens (tertiary/aromatic N) is 1. The van der Waals surface area contributed by atoms with E-state index in [4.69, 9.17) is 25.8 Å². The molecule has 1 N–H and O–H groups in total. The Morgan fingerprint density at radius 3 is 2.60 bits per heavy atom. The van der Waals surface area contributed by atoms with Crippen LogP contribution in [0, 0.1) is 11.7 Å². The van der Waals surface area contributed by atoms with Crippen LogP contribution >= 0.6 is 11.6 Å². The lowest BCUT2D eigenvalue weighted by atomic mass is 9.85. The molecule has 2 aliphatic heterocycles. The standard InChI is InChI=1S/C25H36ClFN2O5S/c1-7-12-32-20-14-19(27)18(26)13-17(20)22(28-35(31)24(2,3)4)16-8-10-29(11-9-16)23(30)21-15-33-25(5,6)34-21/h7,13-14,16,21-22,28H,1,8-12,15H2,2-6H3/t21-,22-,35?/m1/s1. The Bertz CT molecular complexity index is 960. The van der Waals surface area contributed by atoms with Crippen molar-refractivity contribution in [3.05, 3.63) is 41.2 Å². The molecule has 10 heteroatoms. The van der Waals surface area contributed by atoms with Crippen LogP contribution in [0.5, 0.6) is 5.75 Å². The molecule has 196 valence electrons. The van der Waals surface area contributed by atoms with Crippen LogP contribution in [0.4, 0.5) is 4.39 Å². The molecule has 35 heavy (non-hydrogen) atoms. The predicted molar refractivity (Wildman–Crippen MR) is 135 cm³/mol. The molecule has 3 atom stereocenters. The molecule has 0 aromatic heterocycles. The van der Waals surface area contributed by atoms with Gasteiger partial charge >= 0.3 is 0 Å². The van der Waals surface area contributed by atoms with E-state index in [2.05, 4.69) is 11.3 Å². The molecule has 1 unspecified atom stereocenters. The van der Waals surface area contributed by atoms with E-state index in [0.717, 1.165) is 0 Å². The Kier molecular flexibility index (Phi) is 9.02. The molecule has 1 aromatic rings. The molecule has 1 amide bonds. The lowest BCUT2D eigenvalue weighted by Crippen LogP contribution is -2.47. The first-order chi connectivity index (χ1) is 16.3. The minimum Gasteiger partial charge on any atom is -0.489 e. The molecule has 0 radical (unpaired) electrons. The molecule has 2 aliphatic rings. The molecule has 3 rings (SSSR count). The van der Waals surface area contributed by atoms with E-state index in [1.165, 1.54) is 12.1 Å². The number of benzene rings is 1. The Labute approximate surface area is 214 Å². The number of carbonyl (C=O) groups is 1. The number of halogens is 2. The highest BCUT2D eigenvalue weighted by Gasteiger charge is 2.41. The first-order valence-electron chi connectivity index (χ1n) is 11.8. The Morgan fingerprint density at radius 1 is 1.40 bits per heavy atom. The highest BCUT2D eigenvalue weighted by atomic mass is 35.5. The number of hydrogen-bond donors (Lipinski definition) is 1. The number of carbonyl (C=O) groups excluding carboxylic acids is 1. The second-order valence-corrected chi connectivity index (χ2v) is 12.8. The number of piperidine rings is 1. The summed E-state index contributed by atoms with van der Waals surface area (Å²) < 4.78 is 47.2. The smallest absolute Gasteiger partial charge is 0.254 e. The molecule has 0 saturated carbocycles. The summed E-state index contributed by atoms with van der Waals surface area (Å²) in [6.07, 6.45) is 2.26. The molecule has 7 nitrogen and oxygen atoms in total.